The van der Waals surface area contributed by atoms with E-state index in [1.807, 2.05) is 43.3 Å². The summed E-state index contributed by atoms with van der Waals surface area (Å²) in [4.78, 5) is 15.8. The molecule has 0 aliphatic rings. The number of nitrogens with zero attached hydrogens (tertiary/aromatic N) is 2. The molecule has 0 saturated carbocycles. The number of hydrogen-bond acceptors (Lipinski definition) is 4. The van der Waals surface area contributed by atoms with E-state index in [9.17, 15) is 4.79 Å². The minimum atomic E-state index is -0.207. The minimum absolute atomic E-state index is 0.0407. The Morgan fingerprint density at radius 1 is 1.25 bits per heavy atom. The molecule has 0 heterocycles. The smallest absolute Gasteiger partial charge is 0.225 e. The fourth-order valence-corrected chi connectivity index (χ4v) is 1.88. The molecule has 5 nitrogen and oxygen atoms in total. The van der Waals surface area contributed by atoms with Crippen molar-refractivity contribution in [1.82, 2.24) is 4.90 Å². The van der Waals surface area contributed by atoms with Gasteiger partial charge in [-0.1, -0.05) is 12.1 Å². The van der Waals surface area contributed by atoms with Gasteiger partial charge in [0.1, 0.15) is 0 Å². The third kappa shape index (κ3) is 4.83. The van der Waals surface area contributed by atoms with Crippen LogP contribution in [0.4, 0.5) is 5.69 Å². The lowest BCUT2D eigenvalue weighted by atomic mass is 10.1. The first-order valence-corrected chi connectivity index (χ1v) is 6.71. The van der Waals surface area contributed by atoms with Crippen molar-refractivity contribution in [3.05, 3.63) is 29.8 Å². The van der Waals surface area contributed by atoms with Crippen LogP contribution in [0.25, 0.3) is 0 Å². The van der Waals surface area contributed by atoms with Crippen molar-refractivity contribution in [2.24, 2.45) is 5.73 Å². The van der Waals surface area contributed by atoms with Crippen molar-refractivity contribution in [3.63, 3.8) is 0 Å². The summed E-state index contributed by atoms with van der Waals surface area (Å²) in [6.07, 6.45) is 0.111. The molecule has 20 heavy (non-hydrogen) atoms. The summed E-state index contributed by atoms with van der Waals surface area (Å²) in [5.74, 6) is 0.0407. The molecule has 5 heteroatoms. The number of ether oxygens (including phenoxy) is 1. The molecule has 0 aliphatic heterocycles. The van der Waals surface area contributed by atoms with Gasteiger partial charge in [0.25, 0.3) is 0 Å². The van der Waals surface area contributed by atoms with Gasteiger partial charge in [-0.25, -0.2) is 0 Å². The minimum Gasteiger partial charge on any atom is -0.380 e. The molecular formula is C15H25N3O2. The SMILES string of the molecule is COC(CN)CC(=O)N(C)Cc1ccc(N(C)C)cc1. The first kappa shape index (κ1) is 16.5. The Morgan fingerprint density at radius 2 is 1.85 bits per heavy atom. The molecule has 1 unspecified atom stereocenters. The van der Waals surface area contributed by atoms with Crippen LogP contribution in [0.3, 0.4) is 0 Å². The van der Waals surface area contributed by atoms with Gasteiger partial charge in [-0.3, -0.25) is 4.79 Å². The standard InChI is InChI=1S/C15H25N3O2/c1-17(2)13-7-5-12(6-8-13)11-18(3)15(19)9-14(10-16)20-4/h5-8,14H,9-11,16H2,1-4H3. The van der Waals surface area contributed by atoms with E-state index < -0.39 is 0 Å². The van der Waals surface area contributed by atoms with E-state index in [0.29, 0.717) is 19.5 Å². The largest absolute Gasteiger partial charge is 0.380 e. The third-order valence-electron chi connectivity index (χ3n) is 3.30. The molecule has 1 rings (SSSR count). The van der Waals surface area contributed by atoms with E-state index in [0.717, 1.165) is 11.3 Å². The highest BCUT2D eigenvalue weighted by molar-refractivity contribution is 5.76. The molecule has 2 N–H and O–H groups in total. The Hall–Kier alpha value is -1.59. The number of anilines is 1. The summed E-state index contributed by atoms with van der Waals surface area (Å²) >= 11 is 0. The molecule has 1 aromatic rings. The van der Waals surface area contributed by atoms with E-state index in [-0.39, 0.29) is 12.0 Å². The Kier molecular flexibility index (Phi) is 6.48. The van der Waals surface area contributed by atoms with Crippen LogP contribution >= 0.6 is 0 Å². The summed E-state index contributed by atoms with van der Waals surface area (Å²) in [6, 6.07) is 8.17. The molecule has 0 aliphatic carbocycles. The van der Waals surface area contributed by atoms with Gasteiger partial charge < -0.3 is 20.3 Å². The number of hydrogen-bond donors (Lipinski definition) is 1. The van der Waals surface area contributed by atoms with Gasteiger partial charge in [-0.05, 0) is 17.7 Å². The number of carbonyl (C=O) groups is 1. The molecule has 1 aromatic carbocycles. The number of benzene rings is 1. The number of nitrogens with two attached hydrogens (primary N) is 1. The summed E-state index contributed by atoms with van der Waals surface area (Å²) in [5, 5.41) is 0. The second kappa shape index (κ2) is 7.87. The predicted octanol–water partition coefficient (Wildman–Crippen LogP) is 1.07. The molecule has 112 valence electrons. The highest BCUT2D eigenvalue weighted by Crippen LogP contribution is 2.13. The molecular weight excluding hydrogens is 254 g/mol. The average molecular weight is 279 g/mol. The fourth-order valence-electron chi connectivity index (χ4n) is 1.88. The predicted molar refractivity (Wildman–Crippen MR) is 81.7 cm³/mol. The summed E-state index contributed by atoms with van der Waals surface area (Å²) < 4.78 is 5.13. The maximum absolute atomic E-state index is 12.0. The monoisotopic (exact) mass is 279 g/mol. The van der Waals surface area contributed by atoms with E-state index >= 15 is 0 Å². The van der Waals surface area contributed by atoms with Crippen molar-refractivity contribution < 1.29 is 9.53 Å². The Bertz CT molecular complexity index is 414. The Labute approximate surface area is 121 Å². The Morgan fingerprint density at radius 3 is 2.30 bits per heavy atom. The normalized spacial score (nSPS) is 12.1. The summed E-state index contributed by atoms with van der Waals surface area (Å²) in [6.45, 7) is 0.946. The first-order chi connectivity index (χ1) is 9.47. The Balaban J connectivity index is 2.56. The zero-order chi connectivity index (χ0) is 15.1. The molecule has 1 atom stereocenters. The second-order valence-electron chi connectivity index (χ2n) is 5.11. The fraction of sp³-hybridized carbons (Fsp3) is 0.533. The average Bonchev–Trinajstić information content (AvgIpc) is 2.44. The first-order valence-electron chi connectivity index (χ1n) is 6.71. The van der Waals surface area contributed by atoms with Crippen molar-refractivity contribution in [3.8, 4) is 0 Å². The van der Waals surface area contributed by atoms with Gasteiger partial charge >= 0.3 is 0 Å². The topological polar surface area (TPSA) is 58.8 Å². The molecule has 0 bridgehead atoms. The van der Waals surface area contributed by atoms with E-state index in [1.165, 1.54) is 0 Å². The van der Waals surface area contributed by atoms with E-state index in [2.05, 4.69) is 0 Å². The quantitative estimate of drug-likeness (QED) is 0.811. The van der Waals surface area contributed by atoms with Crippen LogP contribution < -0.4 is 10.6 Å². The molecule has 0 aromatic heterocycles. The lowest BCUT2D eigenvalue weighted by molar-refractivity contribution is -0.132. The summed E-state index contributed by atoms with van der Waals surface area (Å²) in [5.41, 5.74) is 7.78. The van der Waals surface area contributed by atoms with Crippen LogP contribution in [0.5, 0.6) is 0 Å². The van der Waals surface area contributed by atoms with Crippen LogP contribution in [-0.2, 0) is 16.1 Å². The molecule has 0 fully saturated rings. The van der Waals surface area contributed by atoms with Gasteiger partial charge in [0, 0.05) is 47.0 Å². The van der Waals surface area contributed by atoms with Crippen LogP contribution in [0, 0.1) is 0 Å². The number of carbonyl (C=O) groups excluding carboxylic acids is 1. The zero-order valence-electron chi connectivity index (χ0n) is 12.8. The highest BCUT2D eigenvalue weighted by atomic mass is 16.5. The van der Waals surface area contributed by atoms with Crippen LogP contribution in [0.15, 0.2) is 24.3 Å². The van der Waals surface area contributed by atoms with Crippen LogP contribution in [0.2, 0.25) is 0 Å². The van der Waals surface area contributed by atoms with Gasteiger partial charge in [0.2, 0.25) is 5.91 Å². The lowest BCUT2D eigenvalue weighted by Gasteiger charge is -2.21. The maximum Gasteiger partial charge on any atom is 0.225 e. The third-order valence-corrected chi connectivity index (χ3v) is 3.30. The lowest BCUT2D eigenvalue weighted by Crippen LogP contribution is -2.33. The van der Waals surface area contributed by atoms with Gasteiger partial charge in [0.05, 0.1) is 12.5 Å². The molecule has 0 radical (unpaired) electrons. The second-order valence-corrected chi connectivity index (χ2v) is 5.11. The van der Waals surface area contributed by atoms with E-state index in [4.69, 9.17) is 10.5 Å². The van der Waals surface area contributed by atoms with Crippen LogP contribution in [0.1, 0.15) is 12.0 Å². The molecule has 0 saturated heterocycles. The van der Waals surface area contributed by atoms with Crippen molar-refractivity contribution in [2.75, 3.05) is 39.7 Å². The van der Waals surface area contributed by atoms with Crippen molar-refractivity contribution in [2.45, 2.75) is 19.1 Å². The highest BCUT2D eigenvalue weighted by Gasteiger charge is 2.15. The molecule has 0 spiro atoms. The van der Waals surface area contributed by atoms with Gasteiger partial charge in [0.15, 0.2) is 0 Å². The van der Waals surface area contributed by atoms with Crippen molar-refractivity contribution in [1.29, 1.82) is 0 Å². The van der Waals surface area contributed by atoms with Gasteiger partial charge in [-0.15, -0.1) is 0 Å². The maximum atomic E-state index is 12.0. The zero-order valence-corrected chi connectivity index (χ0v) is 12.8. The van der Waals surface area contributed by atoms with Gasteiger partial charge in [-0.2, -0.15) is 0 Å². The number of amides is 1. The van der Waals surface area contributed by atoms with E-state index in [1.54, 1.807) is 19.1 Å². The van der Waals surface area contributed by atoms with Crippen molar-refractivity contribution >= 4 is 11.6 Å². The number of methoxy groups -OCH3 is 1. The molecule has 1 amide bonds. The van der Waals surface area contributed by atoms with Crippen LogP contribution in [-0.4, -0.2) is 51.7 Å². The summed E-state index contributed by atoms with van der Waals surface area (Å²) in [7, 11) is 7.38. The number of rotatable bonds is 7.